The molecule has 100 heavy (non-hydrogen) atoms. The van der Waals surface area contributed by atoms with Crippen LogP contribution in [0.5, 0.6) is 0 Å². The molecular formula is C66H99N19O14S. The second kappa shape index (κ2) is 36.8. The summed E-state index contributed by atoms with van der Waals surface area (Å²) >= 11 is 1.27. The molecule has 3 saturated heterocycles. The number of likely N-dealkylation sites (tertiary alicyclic amines) is 3. The minimum absolute atomic E-state index is 0.00372. The van der Waals surface area contributed by atoms with Crippen LogP contribution in [0.3, 0.4) is 0 Å². The Labute approximate surface area is 584 Å². The highest BCUT2D eigenvalue weighted by atomic mass is 32.1. The summed E-state index contributed by atoms with van der Waals surface area (Å²) in [5.41, 5.74) is 34.6. The Kier molecular flexibility index (Phi) is 28.2. The van der Waals surface area contributed by atoms with Crippen molar-refractivity contribution in [3.8, 4) is 0 Å². The summed E-state index contributed by atoms with van der Waals surface area (Å²) in [4.78, 5) is 175. The van der Waals surface area contributed by atoms with E-state index in [1.165, 1.54) is 26.0 Å². The van der Waals surface area contributed by atoms with Crippen LogP contribution in [0.1, 0.15) is 138 Å². The van der Waals surface area contributed by atoms with Gasteiger partial charge in [0.2, 0.25) is 59.1 Å². The largest absolute Gasteiger partial charge is 0.480 e. The van der Waals surface area contributed by atoms with Gasteiger partial charge in [-0.1, -0.05) is 62.4 Å². The van der Waals surface area contributed by atoms with Gasteiger partial charge in [-0.25, -0.2) is 4.79 Å². The van der Waals surface area contributed by atoms with Gasteiger partial charge >= 0.3 is 5.97 Å². The van der Waals surface area contributed by atoms with Crippen LogP contribution >= 0.6 is 11.3 Å². The molecule has 2 aliphatic carbocycles. The molecule has 21 N–H and O–H groups in total. The number of aliphatic carboxylic acids is 1. The summed E-state index contributed by atoms with van der Waals surface area (Å²) in [6.45, 7) is -1.63. The molecule has 4 aliphatic heterocycles. The second-order valence-electron chi connectivity index (χ2n) is 26.7. The van der Waals surface area contributed by atoms with Crippen molar-refractivity contribution in [2.24, 2.45) is 61.2 Å². The first-order valence-electron chi connectivity index (χ1n) is 34.7. The highest BCUT2D eigenvalue weighted by Crippen LogP contribution is 2.42. The number of hydrogen-bond donors (Lipinski definition) is 15. The van der Waals surface area contributed by atoms with Crippen molar-refractivity contribution in [3.05, 3.63) is 57.8 Å². The predicted molar refractivity (Wildman–Crippen MR) is 368 cm³/mol. The standard InChI is InChI=1S/C66H99N19O14S/c67-64(68)73-24-8-19-43(78-54(89)37-13-2-1-3-14-37)55(90)79-44(20-9-25-74-65(69)70)59(94)82-27-11-23-49(82)61(96)84-35-41(87)31-50(84)57(92)76-33-53(88)77-46(32-42-18-12-28-100-42)56(91)81-47(36-86)60(95)83-34-40-17-5-4-15-38(40)29-52(83)62(97)85-48-22-7-6-16-39(48)30-51(85)58(93)80-45(63(98)99)21-10-26-75-66(71)72/h4-5,12,15,17-18,28,37,39,41,43-52,86-87H,1-3,6-11,13-14,16,19-27,29-36H2,(H,76,92)(H,77,88)(H,78,89)(H,79,90)(H,80,93)(H,81,91)(H,98,99)(H4,67,68,73)(H4,69,70,74)(H4,71,72,75). The lowest BCUT2D eigenvalue weighted by molar-refractivity contribution is -0.153. The molecule has 0 spiro atoms. The molecule has 2 saturated carbocycles. The van der Waals surface area contributed by atoms with E-state index in [1.54, 1.807) is 35.7 Å². The van der Waals surface area contributed by atoms with Gasteiger partial charge in [-0.3, -0.25) is 62.9 Å². The fourth-order valence-electron chi connectivity index (χ4n) is 14.7. The lowest BCUT2D eigenvalue weighted by Gasteiger charge is -2.42. The number of thiophene rings is 1. The Morgan fingerprint density at radius 3 is 1.80 bits per heavy atom. The van der Waals surface area contributed by atoms with Crippen molar-refractivity contribution < 1.29 is 68.1 Å². The summed E-state index contributed by atoms with van der Waals surface area (Å²) < 4.78 is 0. The number of carbonyl (C=O) groups excluding carboxylic acids is 10. The molecule has 12 atom stereocenters. The van der Waals surface area contributed by atoms with Gasteiger partial charge in [-0.15, -0.1) is 11.3 Å². The highest BCUT2D eigenvalue weighted by Gasteiger charge is 2.52. The fraction of sp³-hybridized carbons (Fsp3) is 0.636. The van der Waals surface area contributed by atoms with Gasteiger partial charge in [0.25, 0.3) is 0 Å². The number of carboxylic acids is 1. The normalized spacial score (nSPS) is 22.6. The maximum absolute atomic E-state index is 15.4. The first kappa shape index (κ1) is 76.6. The van der Waals surface area contributed by atoms with Gasteiger partial charge in [0.15, 0.2) is 17.9 Å². The number of nitrogens with two attached hydrogens (primary N) is 6. The second-order valence-corrected chi connectivity index (χ2v) is 27.7. The zero-order valence-corrected chi connectivity index (χ0v) is 57.2. The Balaban J connectivity index is 0.933. The molecule has 10 amide bonds. The Hall–Kier alpha value is -9.18. The molecule has 1 aromatic carbocycles. The van der Waals surface area contributed by atoms with Crippen molar-refractivity contribution in [3.63, 3.8) is 0 Å². The summed E-state index contributed by atoms with van der Waals surface area (Å²) in [5.74, 6) is -9.05. The average molecular weight is 1410 g/mol. The lowest BCUT2D eigenvalue weighted by atomic mass is 9.84. The van der Waals surface area contributed by atoms with Crippen LogP contribution in [0.25, 0.3) is 0 Å². The van der Waals surface area contributed by atoms with E-state index >= 15 is 9.59 Å². The first-order chi connectivity index (χ1) is 47.9. The number of fused-ring (bicyclic) bond motifs is 2. The van der Waals surface area contributed by atoms with Crippen molar-refractivity contribution in [2.75, 3.05) is 45.9 Å². The van der Waals surface area contributed by atoms with E-state index in [-0.39, 0.29) is 139 Å². The molecule has 0 bridgehead atoms. The highest BCUT2D eigenvalue weighted by molar-refractivity contribution is 7.09. The van der Waals surface area contributed by atoms with Crippen LogP contribution in [-0.2, 0) is 72.1 Å². The molecule has 2 aromatic rings. The molecular weight excluding hydrogens is 1310 g/mol. The maximum atomic E-state index is 15.4. The first-order valence-corrected chi connectivity index (χ1v) is 35.6. The fourth-order valence-corrected chi connectivity index (χ4v) is 15.4. The van der Waals surface area contributed by atoms with Crippen LogP contribution in [0.15, 0.2) is 56.8 Å². The number of nitrogens with zero attached hydrogens (tertiary/aromatic N) is 7. The van der Waals surface area contributed by atoms with Crippen molar-refractivity contribution in [1.29, 1.82) is 0 Å². The van der Waals surface area contributed by atoms with E-state index < -0.39 is 139 Å². The summed E-state index contributed by atoms with van der Waals surface area (Å²) in [7, 11) is 0. The van der Waals surface area contributed by atoms with E-state index in [2.05, 4.69) is 46.9 Å². The van der Waals surface area contributed by atoms with Crippen molar-refractivity contribution in [2.45, 2.75) is 208 Å². The molecule has 33 nitrogen and oxygen atoms in total. The SMILES string of the molecule is NC(N)=NCCCC(NC(=O)C1CC2CCCCC2N1C(=O)C1Cc2ccccc2CN1C(=O)C(CO)NC(=O)C(Cc1cccs1)NC(=O)CNC(=O)C1CC(O)CN1C(=O)C1CCCN1C(=O)C(CCCN=C(N)N)NC(=O)C(CCCN=C(N)N)NC(=O)C1CCCCC1)C(=O)O. The third-order valence-electron chi connectivity index (χ3n) is 19.7. The number of aliphatic hydroxyl groups is 2. The number of benzene rings is 1. The van der Waals surface area contributed by atoms with E-state index in [0.717, 1.165) is 42.6 Å². The average Bonchev–Trinajstić information content (AvgIpc) is 1.24. The molecule has 34 heteroatoms. The van der Waals surface area contributed by atoms with E-state index in [1.807, 2.05) is 6.07 Å². The molecule has 8 rings (SSSR count). The zero-order valence-electron chi connectivity index (χ0n) is 56.4. The minimum Gasteiger partial charge on any atom is -0.480 e. The van der Waals surface area contributed by atoms with Crippen LogP contribution in [0.2, 0.25) is 0 Å². The van der Waals surface area contributed by atoms with E-state index in [4.69, 9.17) is 34.4 Å². The Morgan fingerprint density at radius 1 is 0.560 bits per heavy atom. The number of aliphatic hydroxyl groups excluding tert-OH is 2. The number of hydrogen-bond acceptors (Lipinski definition) is 17. The number of amides is 10. The van der Waals surface area contributed by atoms with E-state index in [0.29, 0.717) is 49.0 Å². The van der Waals surface area contributed by atoms with Crippen molar-refractivity contribution >= 4 is 94.3 Å². The third-order valence-corrected chi connectivity index (χ3v) is 20.6. The number of rotatable bonds is 32. The van der Waals surface area contributed by atoms with Gasteiger partial charge in [0, 0.05) is 75.4 Å². The monoisotopic (exact) mass is 1410 g/mol. The topological polar surface area (TPSA) is 527 Å². The molecule has 6 aliphatic rings. The van der Waals surface area contributed by atoms with Crippen LogP contribution in [-0.4, -0.2) is 230 Å². The maximum Gasteiger partial charge on any atom is 0.326 e. The quantitative estimate of drug-likeness (QED) is 0.0194. The number of carboxylic acid groups (broad SMARTS) is 1. The predicted octanol–water partition coefficient (Wildman–Crippen LogP) is -3.29. The summed E-state index contributed by atoms with van der Waals surface area (Å²) in [6, 6.07) is -1.31. The summed E-state index contributed by atoms with van der Waals surface area (Å²) in [5, 5.41) is 50.0. The van der Waals surface area contributed by atoms with Crippen LogP contribution < -0.4 is 66.3 Å². The van der Waals surface area contributed by atoms with Gasteiger partial charge in [0.1, 0.15) is 54.4 Å². The lowest BCUT2D eigenvalue weighted by Crippen LogP contribution is -2.63. The van der Waals surface area contributed by atoms with Gasteiger partial charge in [-0.2, -0.15) is 0 Å². The van der Waals surface area contributed by atoms with Crippen LogP contribution in [0, 0.1) is 11.8 Å². The number of guanidine groups is 3. The minimum atomic E-state index is -1.68. The van der Waals surface area contributed by atoms with Gasteiger partial charge < -0.3 is 101 Å². The third kappa shape index (κ3) is 20.7. The molecule has 5 heterocycles. The smallest absolute Gasteiger partial charge is 0.326 e. The summed E-state index contributed by atoms with van der Waals surface area (Å²) in [6.07, 6.45) is 7.16. The van der Waals surface area contributed by atoms with Gasteiger partial charge in [0.05, 0.1) is 19.3 Å². The van der Waals surface area contributed by atoms with Crippen molar-refractivity contribution in [1.82, 2.24) is 51.5 Å². The number of nitrogens with one attached hydrogen (secondary N) is 6. The number of β-amino-alcohol motifs (C(OH)–C–C–N with tert-alkyl or cyclic N) is 1. The Morgan fingerprint density at radius 2 is 1.16 bits per heavy atom. The van der Waals surface area contributed by atoms with Gasteiger partial charge in [-0.05, 0) is 112 Å². The Bertz CT molecular complexity index is 3320. The van der Waals surface area contributed by atoms with E-state index in [9.17, 15) is 58.5 Å². The molecule has 1 aromatic heterocycles. The molecule has 12 unspecified atom stereocenters. The molecule has 5 fully saturated rings. The molecule has 0 radical (unpaired) electrons. The zero-order chi connectivity index (χ0) is 72.2. The molecule has 548 valence electrons. The number of carbonyl (C=O) groups is 11. The number of aliphatic imine (C=N–C) groups is 3. The van der Waals surface area contributed by atoms with Crippen LogP contribution in [0.4, 0.5) is 0 Å².